The molecule has 1 saturated heterocycles. The number of aldehydes is 1. The monoisotopic (exact) mass is 584 g/mol. The molecule has 1 aromatic carbocycles. The van der Waals surface area contributed by atoms with Crippen LogP contribution in [0.5, 0.6) is 5.75 Å². The second-order valence-electron chi connectivity index (χ2n) is 8.95. The van der Waals surface area contributed by atoms with Crippen molar-refractivity contribution in [1.29, 1.82) is 0 Å². The quantitative estimate of drug-likeness (QED) is 0.222. The lowest BCUT2D eigenvalue weighted by molar-refractivity contribution is -0.110. The van der Waals surface area contributed by atoms with E-state index in [1.54, 1.807) is 42.4 Å². The Labute approximate surface area is 234 Å². The molecular formula is C25H38ClN6O6P. The van der Waals surface area contributed by atoms with Crippen LogP contribution in [0.4, 0.5) is 0 Å². The Bertz CT molecular complexity index is 1070. The van der Waals surface area contributed by atoms with E-state index in [1.165, 1.54) is 0 Å². The number of rotatable bonds is 12. The maximum absolute atomic E-state index is 13.9. The fourth-order valence-corrected chi connectivity index (χ4v) is 6.45. The first-order valence-corrected chi connectivity index (χ1v) is 15.2. The van der Waals surface area contributed by atoms with Gasteiger partial charge in [0, 0.05) is 31.8 Å². The van der Waals surface area contributed by atoms with Gasteiger partial charge in [0.05, 0.1) is 25.6 Å². The van der Waals surface area contributed by atoms with Crippen molar-refractivity contribution < 1.29 is 28.1 Å². The lowest BCUT2D eigenvalue weighted by Crippen LogP contribution is -2.45. The van der Waals surface area contributed by atoms with Gasteiger partial charge >= 0.3 is 7.52 Å². The Morgan fingerprint density at radius 1 is 1.23 bits per heavy atom. The van der Waals surface area contributed by atoms with Gasteiger partial charge in [0.25, 0.3) is 0 Å². The third-order valence-electron chi connectivity index (χ3n) is 6.11. The Hall–Kier alpha value is -2.50. The number of ether oxygens (including phenoxy) is 3. The minimum atomic E-state index is -3.50. The molecule has 3 heterocycles. The third kappa shape index (κ3) is 8.49. The smallest absolute Gasteiger partial charge is 0.345 e. The van der Waals surface area contributed by atoms with Gasteiger partial charge in [0.1, 0.15) is 18.4 Å². The number of guanidine groups is 1. The number of carbonyl (C=O) groups excluding carboxylic acids is 1. The highest BCUT2D eigenvalue weighted by atomic mass is 35.5. The zero-order valence-corrected chi connectivity index (χ0v) is 24.3. The minimum absolute atomic E-state index is 0.142. The van der Waals surface area contributed by atoms with E-state index < -0.39 is 13.6 Å². The molecule has 4 rings (SSSR count). The van der Waals surface area contributed by atoms with Crippen molar-refractivity contribution in [2.24, 2.45) is 20.7 Å². The molecule has 1 fully saturated rings. The summed E-state index contributed by atoms with van der Waals surface area (Å²) in [7, 11) is -1.82. The van der Waals surface area contributed by atoms with E-state index in [-0.39, 0.29) is 31.1 Å². The number of hydrogen-bond donors (Lipinski definition) is 1. The summed E-state index contributed by atoms with van der Waals surface area (Å²) in [6.07, 6.45) is 4.20. The highest BCUT2D eigenvalue weighted by molar-refractivity contribution is 7.56. The van der Waals surface area contributed by atoms with Gasteiger partial charge in [-0.2, -0.15) is 4.99 Å². The van der Waals surface area contributed by atoms with Crippen molar-refractivity contribution in [3.63, 3.8) is 0 Å². The molecule has 0 bridgehead atoms. The number of hydrogen-bond acceptors (Lipinski definition) is 11. The SMILES string of the molecule is CCCOC1=NC(N)=NC2C1N=CN2CCOCP(=O)(Oc1ccc(Cl)cc1)N1CCCC1C=O.CCOC. The van der Waals surface area contributed by atoms with E-state index >= 15 is 0 Å². The van der Waals surface area contributed by atoms with Crippen LogP contribution in [0.2, 0.25) is 5.02 Å². The van der Waals surface area contributed by atoms with Gasteiger partial charge in [-0.25, -0.2) is 9.66 Å². The molecule has 0 saturated carbocycles. The van der Waals surface area contributed by atoms with Crippen molar-refractivity contribution in [2.75, 3.05) is 46.4 Å². The van der Waals surface area contributed by atoms with Crippen LogP contribution in [-0.4, -0.2) is 98.7 Å². The van der Waals surface area contributed by atoms with Crippen LogP contribution >= 0.6 is 19.1 Å². The number of carbonyl (C=O) groups is 1. The summed E-state index contributed by atoms with van der Waals surface area (Å²) in [6, 6.07) is 5.78. The maximum atomic E-state index is 13.9. The second-order valence-corrected chi connectivity index (χ2v) is 11.6. The third-order valence-corrected chi connectivity index (χ3v) is 8.65. The molecule has 216 valence electrons. The average molecular weight is 585 g/mol. The molecule has 0 radical (unpaired) electrons. The van der Waals surface area contributed by atoms with Gasteiger partial charge < -0.3 is 34.2 Å². The normalized spacial score (nSPS) is 23.7. The molecule has 0 spiro atoms. The van der Waals surface area contributed by atoms with E-state index in [0.29, 0.717) is 42.8 Å². The standard InChI is InChI=1S/C22H30ClN6O5P.C3H8O/c1-2-11-33-21-19-20(26-22(24)27-21)28(14-25-19)10-12-32-15-35(31,29-9-3-4-17(29)13-30)34-18-7-5-16(23)6-8-18;1-3-4-2/h5-8,13-14,17,19-20H,2-4,9-12,15H2,1H3,(H2,24,26);3H2,1-2H3. The van der Waals surface area contributed by atoms with Crippen LogP contribution in [0.1, 0.15) is 33.1 Å². The summed E-state index contributed by atoms with van der Waals surface area (Å²) in [5.74, 6) is 1.00. The first-order valence-electron chi connectivity index (χ1n) is 13.0. The fraction of sp³-hybridized carbons (Fsp3) is 0.600. The Morgan fingerprint density at radius 2 is 1.97 bits per heavy atom. The average Bonchev–Trinajstić information content (AvgIpc) is 3.59. The minimum Gasteiger partial charge on any atom is -0.479 e. The van der Waals surface area contributed by atoms with Crippen molar-refractivity contribution in [3.05, 3.63) is 29.3 Å². The Balaban J connectivity index is 0.000000983. The first-order chi connectivity index (χ1) is 18.8. The lowest BCUT2D eigenvalue weighted by atomic mass is 10.2. The fourth-order valence-electron chi connectivity index (χ4n) is 4.13. The zero-order chi connectivity index (χ0) is 28.3. The van der Waals surface area contributed by atoms with Gasteiger partial charge in [0.2, 0.25) is 11.9 Å². The molecule has 0 aromatic heterocycles. The van der Waals surface area contributed by atoms with E-state index in [4.69, 9.17) is 31.3 Å². The van der Waals surface area contributed by atoms with Crippen molar-refractivity contribution in [3.8, 4) is 5.75 Å². The summed E-state index contributed by atoms with van der Waals surface area (Å²) >= 11 is 5.96. The summed E-state index contributed by atoms with van der Waals surface area (Å²) < 4.78 is 37.6. The van der Waals surface area contributed by atoms with Crippen molar-refractivity contribution in [2.45, 2.75) is 51.4 Å². The summed E-state index contributed by atoms with van der Waals surface area (Å²) in [4.78, 5) is 26.5. The van der Waals surface area contributed by atoms with E-state index in [0.717, 1.165) is 25.7 Å². The number of benzene rings is 1. The molecule has 0 amide bonds. The summed E-state index contributed by atoms with van der Waals surface area (Å²) in [5, 5.41) is 0.542. The summed E-state index contributed by atoms with van der Waals surface area (Å²) in [6.45, 7) is 6.47. The topological polar surface area (TPSA) is 141 Å². The van der Waals surface area contributed by atoms with Gasteiger partial charge in [-0.3, -0.25) is 9.56 Å². The van der Waals surface area contributed by atoms with Crippen LogP contribution < -0.4 is 10.3 Å². The highest BCUT2D eigenvalue weighted by Gasteiger charge is 2.42. The Kier molecular flexibility index (Phi) is 12.2. The van der Waals surface area contributed by atoms with Gasteiger partial charge in [0.15, 0.2) is 12.2 Å². The molecule has 2 N–H and O–H groups in total. The number of fused-ring (bicyclic) bond motifs is 1. The van der Waals surface area contributed by atoms with Crippen LogP contribution in [0.25, 0.3) is 0 Å². The number of methoxy groups -OCH3 is 1. The predicted molar refractivity (Wildman–Crippen MR) is 152 cm³/mol. The molecule has 3 aliphatic rings. The predicted octanol–water partition coefficient (Wildman–Crippen LogP) is 3.39. The second kappa shape index (κ2) is 15.3. The van der Waals surface area contributed by atoms with Crippen LogP contribution in [0.15, 0.2) is 39.2 Å². The molecule has 1 aromatic rings. The summed E-state index contributed by atoms with van der Waals surface area (Å²) in [5.41, 5.74) is 5.88. The van der Waals surface area contributed by atoms with Crippen LogP contribution in [0, 0.1) is 0 Å². The van der Waals surface area contributed by atoms with Gasteiger partial charge in [-0.05, 0) is 50.5 Å². The Morgan fingerprint density at radius 3 is 2.64 bits per heavy atom. The molecule has 12 nitrogen and oxygen atoms in total. The molecule has 0 aliphatic carbocycles. The largest absolute Gasteiger partial charge is 0.479 e. The van der Waals surface area contributed by atoms with E-state index in [9.17, 15) is 9.36 Å². The van der Waals surface area contributed by atoms with Gasteiger partial charge in [-0.15, -0.1) is 0 Å². The number of nitrogens with two attached hydrogens (primary N) is 1. The number of halogens is 1. The number of aliphatic imine (C=N–C) groups is 3. The van der Waals surface area contributed by atoms with E-state index in [1.807, 2.05) is 18.7 Å². The van der Waals surface area contributed by atoms with Crippen molar-refractivity contribution >= 4 is 43.6 Å². The van der Waals surface area contributed by atoms with Crippen LogP contribution in [0.3, 0.4) is 0 Å². The number of nitrogens with zero attached hydrogens (tertiary/aromatic N) is 5. The molecule has 3 aliphatic heterocycles. The molecule has 39 heavy (non-hydrogen) atoms. The van der Waals surface area contributed by atoms with E-state index in [2.05, 4.69) is 19.7 Å². The maximum Gasteiger partial charge on any atom is 0.345 e. The molecule has 4 unspecified atom stereocenters. The van der Waals surface area contributed by atoms with Crippen LogP contribution in [-0.2, 0) is 23.6 Å². The zero-order valence-electron chi connectivity index (χ0n) is 22.6. The molecule has 14 heteroatoms. The van der Waals surface area contributed by atoms with Gasteiger partial charge in [-0.1, -0.05) is 18.5 Å². The molecular weight excluding hydrogens is 547 g/mol. The highest BCUT2D eigenvalue weighted by Crippen LogP contribution is 2.54. The first kappa shape index (κ1) is 31.0. The van der Waals surface area contributed by atoms with Crippen molar-refractivity contribution in [1.82, 2.24) is 9.57 Å². The lowest BCUT2D eigenvalue weighted by Gasteiger charge is -2.31. The molecule has 4 atom stereocenters.